The quantitative estimate of drug-likeness (QED) is 0.904. The van der Waals surface area contributed by atoms with Crippen LogP contribution in [0.5, 0.6) is 0 Å². The van der Waals surface area contributed by atoms with Crippen LogP contribution in [0.1, 0.15) is 37.7 Å². The van der Waals surface area contributed by atoms with Gasteiger partial charge in [0.25, 0.3) is 0 Å². The van der Waals surface area contributed by atoms with Crippen LogP contribution in [0, 0.1) is 0 Å². The van der Waals surface area contributed by atoms with Gasteiger partial charge in [-0.05, 0) is 31.2 Å². The van der Waals surface area contributed by atoms with Gasteiger partial charge in [0, 0.05) is 19.1 Å². The predicted molar refractivity (Wildman–Crippen MR) is 84.3 cm³/mol. The number of aliphatic hydroxyl groups excluding tert-OH is 1. The molecule has 3 heteroatoms. The molecule has 3 atom stereocenters. The molecule has 116 valence electrons. The molecule has 0 aromatic heterocycles. The first-order valence-corrected chi connectivity index (χ1v) is 8.40. The largest absolute Gasteiger partial charge is 0.392 e. The van der Waals surface area contributed by atoms with Crippen LogP contribution in [0.25, 0.3) is 0 Å². The zero-order valence-corrected chi connectivity index (χ0v) is 12.8. The number of ether oxygens (including phenoxy) is 1. The van der Waals surface area contributed by atoms with Gasteiger partial charge in [-0.3, -0.25) is 4.90 Å². The van der Waals surface area contributed by atoms with Crippen molar-refractivity contribution in [2.24, 2.45) is 0 Å². The monoisotopic (exact) mass is 289 g/mol. The number of hydrogen-bond acceptors (Lipinski definition) is 3. The topological polar surface area (TPSA) is 32.7 Å². The third kappa shape index (κ3) is 4.06. The van der Waals surface area contributed by atoms with Crippen LogP contribution >= 0.6 is 0 Å². The maximum Gasteiger partial charge on any atom is 0.0730 e. The van der Waals surface area contributed by atoms with Gasteiger partial charge in [0.15, 0.2) is 0 Å². The van der Waals surface area contributed by atoms with Crippen molar-refractivity contribution < 1.29 is 9.84 Å². The van der Waals surface area contributed by atoms with E-state index in [1.54, 1.807) is 0 Å². The molecule has 1 aliphatic carbocycles. The molecule has 0 bridgehead atoms. The van der Waals surface area contributed by atoms with Gasteiger partial charge in [0.05, 0.1) is 18.8 Å². The lowest BCUT2D eigenvalue weighted by Crippen LogP contribution is -2.46. The minimum atomic E-state index is -0.128. The third-order valence-corrected chi connectivity index (χ3v) is 4.90. The van der Waals surface area contributed by atoms with Crippen LogP contribution in [-0.2, 0) is 11.2 Å². The van der Waals surface area contributed by atoms with Crippen LogP contribution in [0.4, 0.5) is 0 Å². The molecular formula is C18H27NO2. The van der Waals surface area contributed by atoms with E-state index in [-0.39, 0.29) is 6.10 Å². The van der Waals surface area contributed by atoms with Crippen LogP contribution in [0.2, 0.25) is 0 Å². The van der Waals surface area contributed by atoms with E-state index in [1.807, 2.05) is 0 Å². The SMILES string of the molecule is OC1CCN([C@H]2CCCC[C@@H]2OCCc2ccccc2)C1. The van der Waals surface area contributed by atoms with E-state index in [0.29, 0.717) is 12.1 Å². The van der Waals surface area contributed by atoms with Crippen molar-refractivity contribution in [2.75, 3.05) is 19.7 Å². The Kier molecular flexibility index (Phi) is 5.28. The van der Waals surface area contributed by atoms with Crippen LogP contribution in [-0.4, -0.2) is 48.0 Å². The maximum atomic E-state index is 9.76. The van der Waals surface area contributed by atoms with Crippen LogP contribution in [0.15, 0.2) is 30.3 Å². The maximum absolute atomic E-state index is 9.76. The first-order chi connectivity index (χ1) is 10.3. The summed E-state index contributed by atoms with van der Waals surface area (Å²) in [5, 5.41) is 9.76. The van der Waals surface area contributed by atoms with E-state index in [0.717, 1.165) is 32.5 Å². The molecule has 1 saturated carbocycles. The van der Waals surface area contributed by atoms with Crippen molar-refractivity contribution in [3.05, 3.63) is 35.9 Å². The summed E-state index contributed by atoms with van der Waals surface area (Å²) in [7, 11) is 0. The van der Waals surface area contributed by atoms with Crippen molar-refractivity contribution in [2.45, 2.75) is 56.8 Å². The Morgan fingerprint density at radius 2 is 1.90 bits per heavy atom. The lowest BCUT2D eigenvalue weighted by atomic mass is 9.91. The summed E-state index contributed by atoms with van der Waals surface area (Å²) < 4.78 is 6.22. The fourth-order valence-corrected chi connectivity index (χ4v) is 3.73. The average molecular weight is 289 g/mol. The highest BCUT2D eigenvalue weighted by Gasteiger charge is 2.34. The molecule has 3 rings (SSSR count). The van der Waals surface area contributed by atoms with Crippen molar-refractivity contribution in [1.82, 2.24) is 4.90 Å². The Hall–Kier alpha value is -0.900. The summed E-state index contributed by atoms with van der Waals surface area (Å²) in [5.74, 6) is 0. The van der Waals surface area contributed by atoms with E-state index in [1.165, 1.54) is 31.2 Å². The van der Waals surface area contributed by atoms with E-state index in [4.69, 9.17) is 4.74 Å². The van der Waals surface area contributed by atoms with E-state index in [9.17, 15) is 5.11 Å². The van der Waals surface area contributed by atoms with Crippen molar-refractivity contribution in [3.8, 4) is 0 Å². The number of nitrogens with zero attached hydrogens (tertiary/aromatic N) is 1. The van der Waals surface area contributed by atoms with E-state index < -0.39 is 0 Å². The number of aliphatic hydroxyl groups is 1. The van der Waals surface area contributed by atoms with Crippen molar-refractivity contribution in [3.63, 3.8) is 0 Å². The second-order valence-electron chi connectivity index (χ2n) is 6.43. The Morgan fingerprint density at radius 1 is 1.10 bits per heavy atom. The molecule has 1 unspecified atom stereocenters. The molecule has 21 heavy (non-hydrogen) atoms. The smallest absolute Gasteiger partial charge is 0.0730 e. The average Bonchev–Trinajstić information content (AvgIpc) is 2.95. The molecular weight excluding hydrogens is 262 g/mol. The van der Waals surface area contributed by atoms with Gasteiger partial charge in [0.2, 0.25) is 0 Å². The van der Waals surface area contributed by atoms with Crippen molar-refractivity contribution >= 4 is 0 Å². The van der Waals surface area contributed by atoms with Gasteiger partial charge in [-0.1, -0.05) is 43.2 Å². The van der Waals surface area contributed by atoms with Gasteiger partial charge in [-0.15, -0.1) is 0 Å². The highest BCUT2D eigenvalue weighted by Crippen LogP contribution is 2.28. The van der Waals surface area contributed by atoms with Gasteiger partial charge in [-0.25, -0.2) is 0 Å². The summed E-state index contributed by atoms with van der Waals surface area (Å²) in [6, 6.07) is 11.1. The number of likely N-dealkylation sites (tertiary alicyclic amines) is 1. The number of hydrogen-bond donors (Lipinski definition) is 1. The molecule has 0 spiro atoms. The first kappa shape index (κ1) is 15.0. The second kappa shape index (κ2) is 7.39. The number of rotatable bonds is 5. The number of β-amino-alcohol motifs (C(OH)–C–C–N with tert-alkyl or cyclic N) is 1. The van der Waals surface area contributed by atoms with Gasteiger partial charge >= 0.3 is 0 Å². The highest BCUT2D eigenvalue weighted by atomic mass is 16.5. The minimum absolute atomic E-state index is 0.128. The van der Waals surface area contributed by atoms with E-state index in [2.05, 4.69) is 35.2 Å². The molecule has 1 N–H and O–H groups in total. The molecule has 0 amide bonds. The molecule has 3 nitrogen and oxygen atoms in total. The summed E-state index contributed by atoms with van der Waals surface area (Å²) in [4.78, 5) is 2.46. The second-order valence-corrected chi connectivity index (χ2v) is 6.43. The minimum Gasteiger partial charge on any atom is -0.392 e. The van der Waals surface area contributed by atoms with Crippen LogP contribution in [0.3, 0.4) is 0 Å². The number of benzene rings is 1. The van der Waals surface area contributed by atoms with Crippen molar-refractivity contribution in [1.29, 1.82) is 0 Å². The summed E-state index contributed by atoms with van der Waals surface area (Å²) in [6.45, 7) is 2.68. The summed E-state index contributed by atoms with van der Waals surface area (Å²) in [5.41, 5.74) is 1.35. The lowest BCUT2D eigenvalue weighted by molar-refractivity contribution is -0.0316. The lowest BCUT2D eigenvalue weighted by Gasteiger charge is -2.37. The van der Waals surface area contributed by atoms with E-state index >= 15 is 0 Å². The standard InChI is InChI=1S/C18H27NO2/c20-16-10-12-19(14-16)17-8-4-5-9-18(17)21-13-11-15-6-2-1-3-7-15/h1-3,6-7,16-18,20H,4-5,8-14H2/t16?,17-,18-/m0/s1. The fourth-order valence-electron chi connectivity index (χ4n) is 3.73. The molecule has 1 aromatic carbocycles. The Morgan fingerprint density at radius 3 is 2.67 bits per heavy atom. The zero-order valence-electron chi connectivity index (χ0n) is 12.8. The Balaban J connectivity index is 1.50. The third-order valence-electron chi connectivity index (χ3n) is 4.90. The van der Waals surface area contributed by atoms with Gasteiger partial charge in [-0.2, -0.15) is 0 Å². The molecule has 1 heterocycles. The fraction of sp³-hybridized carbons (Fsp3) is 0.667. The summed E-state index contributed by atoms with van der Waals surface area (Å²) >= 11 is 0. The highest BCUT2D eigenvalue weighted by molar-refractivity contribution is 5.14. The molecule has 1 aromatic rings. The Bertz CT molecular complexity index is 422. The molecule has 2 aliphatic rings. The van der Waals surface area contributed by atoms with Crippen LogP contribution < -0.4 is 0 Å². The zero-order chi connectivity index (χ0) is 14.5. The summed E-state index contributed by atoms with van der Waals surface area (Å²) in [6.07, 6.45) is 7.12. The Labute approximate surface area is 127 Å². The molecule has 1 saturated heterocycles. The first-order valence-electron chi connectivity index (χ1n) is 8.40. The normalized spacial score (nSPS) is 30.6. The van der Waals surface area contributed by atoms with Gasteiger partial charge < -0.3 is 9.84 Å². The molecule has 2 fully saturated rings. The molecule has 1 aliphatic heterocycles. The predicted octanol–water partition coefficient (Wildman–Crippen LogP) is 2.62. The molecule has 0 radical (unpaired) electrons. The van der Waals surface area contributed by atoms with Gasteiger partial charge in [0.1, 0.15) is 0 Å².